The van der Waals surface area contributed by atoms with Crippen LogP contribution in [0.4, 0.5) is 5.69 Å². The third-order valence-electron chi connectivity index (χ3n) is 3.16. The van der Waals surface area contributed by atoms with Crippen molar-refractivity contribution < 1.29 is 9.90 Å². The van der Waals surface area contributed by atoms with Gasteiger partial charge in [-0.15, -0.1) is 0 Å². The summed E-state index contributed by atoms with van der Waals surface area (Å²) in [7, 11) is 1.97. The Labute approximate surface area is 125 Å². The third-order valence-corrected chi connectivity index (χ3v) is 4.79. The number of aromatic hydroxyl groups is 1. The van der Waals surface area contributed by atoms with Gasteiger partial charge in [-0.1, -0.05) is 15.9 Å². The standard InChI is InChI=1S/C13H17BrN2O2S/c1-16(10-4-5-19-8-10)7-13(18)15-11-3-2-9(14)6-12(11)17/h2-3,6,10,17H,4-5,7-8H2,1H3,(H,15,18)/t10-/m0/s1. The molecule has 104 valence electrons. The highest BCUT2D eigenvalue weighted by atomic mass is 79.9. The van der Waals surface area contributed by atoms with E-state index in [0.29, 0.717) is 18.3 Å². The zero-order valence-corrected chi connectivity index (χ0v) is 13.1. The van der Waals surface area contributed by atoms with E-state index in [-0.39, 0.29) is 11.7 Å². The molecule has 0 saturated carbocycles. The van der Waals surface area contributed by atoms with Gasteiger partial charge in [0.05, 0.1) is 12.2 Å². The van der Waals surface area contributed by atoms with E-state index < -0.39 is 0 Å². The molecule has 0 spiro atoms. The summed E-state index contributed by atoms with van der Waals surface area (Å²) in [6, 6.07) is 5.51. The van der Waals surface area contributed by atoms with Crippen LogP contribution in [0, 0.1) is 0 Å². The number of nitrogens with one attached hydrogen (secondary N) is 1. The Morgan fingerprint density at radius 3 is 3.05 bits per heavy atom. The molecule has 1 aliphatic heterocycles. The Bertz CT molecular complexity index is 464. The molecule has 1 aliphatic rings. The first-order valence-corrected chi connectivity index (χ1v) is 8.07. The fourth-order valence-electron chi connectivity index (χ4n) is 2.03. The first-order chi connectivity index (χ1) is 9.06. The molecule has 1 fully saturated rings. The van der Waals surface area contributed by atoms with Crippen LogP contribution in [0.1, 0.15) is 6.42 Å². The minimum atomic E-state index is -0.1000. The van der Waals surface area contributed by atoms with Crippen LogP contribution >= 0.6 is 27.7 Å². The number of halogens is 1. The number of hydrogen-bond donors (Lipinski definition) is 2. The van der Waals surface area contributed by atoms with Crippen molar-refractivity contribution in [2.45, 2.75) is 12.5 Å². The average Bonchev–Trinajstić information content (AvgIpc) is 2.86. The highest BCUT2D eigenvalue weighted by molar-refractivity contribution is 9.10. The van der Waals surface area contributed by atoms with E-state index in [0.717, 1.165) is 16.6 Å². The minimum absolute atomic E-state index is 0.0711. The Hall–Kier alpha value is -0.720. The molecule has 19 heavy (non-hydrogen) atoms. The minimum Gasteiger partial charge on any atom is -0.506 e. The molecule has 0 aromatic heterocycles. The molecule has 1 saturated heterocycles. The molecule has 1 heterocycles. The van der Waals surface area contributed by atoms with Gasteiger partial charge in [0.1, 0.15) is 5.75 Å². The number of rotatable bonds is 4. The van der Waals surface area contributed by atoms with Gasteiger partial charge in [-0.2, -0.15) is 11.8 Å². The number of phenolic OH excluding ortho intramolecular Hbond substituents is 1. The molecule has 2 rings (SSSR count). The van der Waals surface area contributed by atoms with Crippen LogP contribution in [0.2, 0.25) is 0 Å². The zero-order chi connectivity index (χ0) is 13.8. The van der Waals surface area contributed by atoms with Crippen molar-refractivity contribution >= 4 is 39.3 Å². The topological polar surface area (TPSA) is 52.6 Å². The Balaban J connectivity index is 1.89. The molecule has 4 nitrogen and oxygen atoms in total. The summed E-state index contributed by atoms with van der Waals surface area (Å²) in [4.78, 5) is 14.0. The summed E-state index contributed by atoms with van der Waals surface area (Å²) >= 11 is 5.19. The van der Waals surface area contributed by atoms with E-state index in [1.165, 1.54) is 5.75 Å². The van der Waals surface area contributed by atoms with E-state index in [9.17, 15) is 9.90 Å². The Morgan fingerprint density at radius 1 is 1.63 bits per heavy atom. The van der Waals surface area contributed by atoms with Gasteiger partial charge in [0.2, 0.25) is 5.91 Å². The zero-order valence-electron chi connectivity index (χ0n) is 10.7. The average molecular weight is 345 g/mol. The van der Waals surface area contributed by atoms with Crippen molar-refractivity contribution in [3.8, 4) is 5.75 Å². The molecule has 0 aliphatic carbocycles. The van der Waals surface area contributed by atoms with Crippen LogP contribution in [0.5, 0.6) is 5.75 Å². The van der Waals surface area contributed by atoms with E-state index in [1.54, 1.807) is 18.2 Å². The number of phenols is 1. The lowest BCUT2D eigenvalue weighted by Gasteiger charge is -2.22. The van der Waals surface area contributed by atoms with Crippen molar-refractivity contribution in [2.24, 2.45) is 0 Å². The number of hydrogen-bond acceptors (Lipinski definition) is 4. The fourth-order valence-corrected chi connectivity index (χ4v) is 3.67. The van der Waals surface area contributed by atoms with Gasteiger partial charge in [-0.3, -0.25) is 9.69 Å². The Kier molecular flexibility index (Phi) is 5.13. The smallest absolute Gasteiger partial charge is 0.238 e. The van der Waals surface area contributed by atoms with E-state index >= 15 is 0 Å². The van der Waals surface area contributed by atoms with E-state index in [4.69, 9.17) is 0 Å². The van der Waals surface area contributed by atoms with Gasteiger partial charge in [0.15, 0.2) is 0 Å². The number of anilines is 1. The number of nitrogens with zero attached hydrogens (tertiary/aromatic N) is 1. The second-order valence-electron chi connectivity index (χ2n) is 4.64. The third kappa shape index (κ3) is 4.12. The highest BCUT2D eigenvalue weighted by Crippen LogP contribution is 2.27. The van der Waals surface area contributed by atoms with Crippen molar-refractivity contribution in [3.63, 3.8) is 0 Å². The van der Waals surface area contributed by atoms with Crippen molar-refractivity contribution in [2.75, 3.05) is 30.4 Å². The van der Waals surface area contributed by atoms with Crippen LogP contribution in [0.15, 0.2) is 22.7 Å². The number of carbonyl (C=O) groups is 1. The summed E-state index contributed by atoms with van der Waals surface area (Å²) in [6.45, 7) is 0.348. The number of carbonyl (C=O) groups excluding carboxylic acids is 1. The largest absolute Gasteiger partial charge is 0.506 e. The van der Waals surface area contributed by atoms with Crippen molar-refractivity contribution in [1.82, 2.24) is 4.90 Å². The lowest BCUT2D eigenvalue weighted by molar-refractivity contribution is -0.117. The molecule has 0 radical (unpaired) electrons. The van der Waals surface area contributed by atoms with Crippen LogP contribution in [-0.4, -0.2) is 47.1 Å². The number of likely N-dealkylation sites (N-methyl/N-ethyl adjacent to an activating group) is 1. The maximum atomic E-state index is 11.9. The van der Waals surface area contributed by atoms with E-state index in [2.05, 4.69) is 26.1 Å². The first kappa shape index (κ1) is 14.7. The maximum absolute atomic E-state index is 11.9. The van der Waals surface area contributed by atoms with Gasteiger partial charge in [0.25, 0.3) is 0 Å². The quantitative estimate of drug-likeness (QED) is 0.824. The molecule has 1 aromatic rings. The summed E-state index contributed by atoms with van der Waals surface area (Å²) in [5, 5.41) is 12.5. The lowest BCUT2D eigenvalue weighted by Crippen LogP contribution is -2.38. The fraction of sp³-hybridized carbons (Fsp3) is 0.462. The first-order valence-electron chi connectivity index (χ1n) is 6.12. The van der Waals surface area contributed by atoms with Crippen molar-refractivity contribution in [3.05, 3.63) is 22.7 Å². The SMILES string of the molecule is CN(CC(=O)Nc1ccc(Br)cc1O)[C@H]1CCSC1. The second kappa shape index (κ2) is 6.63. The molecule has 6 heteroatoms. The summed E-state index contributed by atoms with van der Waals surface area (Å²) in [5.41, 5.74) is 0.447. The normalized spacial score (nSPS) is 18.8. The molecule has 0 bridgehead atoms. The van der Waals surface area contributed by atoms with Gasteiger partial charge in [-0.05, 0) is 37.4 Å². The maximum Gasteiger partial charge on any atom is 0.238 e. The summed E-state index contributed by atoms with van der Waals surface area (Å²) in [5.74, 6) is 2.23. The van der Waals surface area contributed by atoms with Crippen LogP contribution < -0.4 is 5.32 Å². The molecular formula is C13H17BrN2O2S. The molecule has 0 unspecified atom stereocenters. The number of amides is 1. The molecule has 1 atom stereocenters. The number of thioether (sulfide) groups is 1. The lowest BCUT2D eigenvalue weighted by atomic mass is 10.2. The van der Waals surface area contributed by atoms with Gasteiger partial charge < -0.3 is 10.4 Å². The summed E-state index contributed by atoms with van der Waals surface area (Å²) in [6.07, 6.45) is 1.14. The molecule has 2 N–H and O–H groups in total. The van der Waals surface area contributed by atoms with Crippen LogP contribution in [-0.2, 0) is 4.79 Å². The van der Waals surface area contributed by atoms with Gasteiger partial charge in [0, 0.05) is 16.3 Å². The molecule has 1 amide bonds. The van der Waals surface area contributed by atoms with Crippen LogP contribution in [0.25, 0.3) is 0 Å². The van der Waals surface area contributed by atoms with Crippen LogP contribution in [0.3, 0.4) is 0 Å². The number of benzene rings is 1. The van der Waals surface area contributed by atoms with E-state index in [1.807, 2.05) is 18.8 Å². The van der Waals surface area contributed by atoms with Gasteiger partial charge in [-0.25, -0.2) is 0 Å². The van der Waals surface area contributed by atoms with Gasteiger partial charge >= 0.3 is 0 Å². The van der Waals surface area contributed by atoms with Crippen molar-refractivity contribution in [1.29, 1.82) is 0 Å². The predicted molar refractivity (Wildman–Crippen MR) is 82.8 cm³/mol. The highest BCUT2D eigenvalue weighted by Gasteiger charge is 2.21. The monoisotopic (exact) mass is 344 g/mol. The Morgan fingerprint density at radius 2 is 2.42 bits per heavy atom. The molecule has 1 aromatic carbocycles. The summed E-state index contributed by atoms with van der Waals surface area (Å²) < 4.78 is 0.781. The predicted octanol–water partition coefficient (Wildman–Crippen LogP) is 2.53. The second-order valence-corrected chi connectivity index (χ2v) is 6.71. The molecular weight excluding hydrogens is 328 g/mol.